The molecule has 1 saturated carbocycles. The monoisotopic (exact) mass is 201 g/mol. The van der Waals surface area contributed by atoms with Gasteiger partial charge in [-0.15, -0.1) is 0 Å². The number of hydrogen-bond acceptors (Lipinski definition) is 3. The van der Waals surface area contributed by atoms with Gasteiger partial charge in [-0.25, -0.2) is 4.79 Å². The summed E-state index contributed by atoms with van der Waals surface area (Å²) in [4.78, 5) is 10.6. The Kier molecular flexibility index (Phi) is 3.50. The summed E-state index contributed by atoms with van der Waals surface area (Å²) in [6.07, 6.45) is 3.35. The average molecular weight is 201 g/mol. The van der Waals surface area contributed by atoms with Crippen LogP contribution in [0.4, 0.5) is 0 Å². The highest BCUT2D eigenvalue weighted by atomic mass is 16.4. The standard InChI is InChI=1S/C10H19NO3/c1-7-3-4-8(5-7)11-6-10(2,14)9(12)13/h7-8,11,14H,3-6H2,1-2H3,(H,12,13). The Morgan fingerprint density at radius 3 is 2.64 bits per heavy atom. The maximum absolute atomic E-state index is 10.6. The lowest BCUT2D eigenvalue weighted by atomic mass is 10.1. The van der Waals surface area contributed by atoms with Crippen molar-refractivity contribution < 1.29 is 15.0 Å². The predicted molar refractivity (Wildman–Crippen MR) is 53.1 cm³/mol. The van der Waals surface area contributed by atoms with Gasteiger partial charge in [0.2, 0.25) is 0 Å². The van der Waals surface area contributed by atoms with Gasteiger partial charge in [-0.2, -0.15) is 0 Å². The van der Waals surface area contributed by atoms with Gasteiger partial charge >= 0.3 is 5.97 Å². The molecule has 14 heavy (non-hydrogen) atoms. The molecule has 3 unspecified atom stereocenters. The first-order chi connectivity index (χ1) is 6.42. The summed E-state index contributed by atoms with van der Waals surface area (Å²) in [7, 11) is 0. The molecule has 1 aliphatic carbocycles. The van der Waals surface area contributed by atoms with Gasteiger partial charge < -0.3 is 15.5 Å². The molecular weight excluding hydrogens is 182 g/mol. The zero-order valence-electron chi connectivity index (χ0n) is 8.79. The van der Waals surface area contributed by atoms with E-state index < -0.39 is 11.6 Å². The number of aliphatic carboxylic acids is 1. The van der Waals surface area contributed by atoms with E-state index in [0.29, 0.717) is 12.0 Å². The lowest BCUT2D eigenvalue weighted by molar-refractivity contribution is -0.156. The Balaban J connectivity index is 2.30. The zero-order chi connectivity index (χ0) is 10.8. The number of aliphatic hydroxyl groups is 1. The first-order valence-electron chi connectivity index (χ1n) is 5.11. The molecule has 4 nitrogen and oxygen atoms in total. The summed E-state index contributed by atoms with van der Waals surface area (Å²) in [5.74, 6) is -0.460. The van der Waals surface area contributed by atoms with E-state index in [1.165, 1.54) is 13.3 Å². The second-order valence-corrected chi connectivity index (χ2v) is 4.58. The van der Waals surface area contributed by atoms with Crippen LogP contribution in [0.15, 0.2) is 0 Å². The highest BCUT2D eigenvalue weighted by Crippen LogP contribution is 2.24. The first kappa shape index (κ1) is 11.5. The lowest BCUT2D eigenvalue weighted by Crippen LogP contribution is -2.47. The second kappa shape index (κ2) is 4.28. The lowest BCUT2D eigenvalue weighted by Gasteiger charge is -2.21. The topological polar surface area (TPSA) is 69.6 Å². The third-order valence-electron chi connectivity index (χ3n) is 2.89. The fraction of sp³-hybridized carbons (Fsp3) is 0.900. The number of nitrogens with one attached hydrogen (secondary N) is 1. The minimum atomic E-state index is -1.65. The fourth-order valence-electron chi connectivity index (χ4n) is 1.81. The zero-order valence-corrected chi connectivity index (χ0v) is 8.79. The third kappa shape index (κ3) is 2.96. The molecular formula is C10H19NO3. The molecule has 0 heterocycles. The van der Waals surface area contributed by atoms with Crippen LogP contribution < -0.4 is 5.32 Å². The van der Waals surface area contributed by atoms with Crippen LogP contribution in [0, 0.1) is 5.92 Å². The van der Waals surface area contributed by atoms with E-state index in [0.717, 1.165) is 12.8 Å². The van der Waals surface area contributed by atoms with Crippen molar-refractivity contribution in [3.63, 3.8) is 0 Å². The van der Waals surface area contributed by atoms with E-state index >= 15 is 0 Å². The van der Waals surface area contributed by atoms with Gasteiger partial charge in [0.25, 0.3) is 0 Å². The SMILES string of the molecule is CC1CCC(NCC(C)(O)C(=O)O)C1. The molecule has 0 aromatic carbocycles. The van der Waals surface area contributed by atoms with E-state index in [9.17, 15) is 9.90 Å². The molecule has 0 radical (unpaired) electrons. The number of rotatable bonds is 4. The maximum Gasteiger partial charge on any atom is 0.336 e. The van der Waals surface area contributed by atoms with Gasteiger partial charge in [0.1, 0.15) is 0 Å². The smallest absolute Gasteiger partial charge is 0.336 e. The van der Waals surface area contributed by atoms with Crippen LogP contribution in [0.5, 0.6) is 0 Å². The fourth-order valence-corrected chi connectivity index (χ4v) is 1.81. The van der Waals surface area contributed by atoms with E-state index in [1.807, 2.05) is 0 Å². The molecule has 0 bridgehead atoms. The van der Waals surface area contributed by atoms with Crippen molar-refractivity contribution in [2.75, 3.05) is 6.54 Å². The highest BCUT2D eigenvalue weighted by molar-refractivity contribution is 5.76. The van der Waals surface area contributed by atoms with Gasteiger partial charge in [-0.05, 0) is 32.1 Å². The Hall–Kier alpha value is -0.610. The minimum absolute atomic E-state index is 0.125. The number of carbonyl (C=O) groups is 1. The maximum atomic E-state index is 10.6. The van der Waals surface area contributed by atoms with Crippen LogP contribution in [0.25, 0.3) is 0 Å². The van der Waals surface area contributed by atoms with Crippen molar-refractivity contribution in [1.29, 1.82) is 0 Å². The summed E-state index contributed by atoms with van der Waals surface area (Å²) in [6, 6.07) is 0.371. The Labute approximate surface area is 84.3 Å². The predicted octanol–water partition coefficient (Wildman–Crippen LogP) is 0.600. The number of carboxylic acids is 1. The van der Waals surface area contributed by atoms with Crippen molar-refractivity contribution in [3.8, 4) is 0 Å². The molecule has 82 valence electrons. The van der Waals surface area contributed by atoms with Crippen LogP contribution in [-0.4, -0.2) is 34.4 Å². The average Bonchev–Trinajstić information content (AvgIpc) is 2.48. The van der Waals surface area contributed by atoms with Crippen molar-refractivity contribution in [3.05, 3.63) is 0 Å². The quantitative estimate of drug-likeness (QED) is 0.623. The molecule has 4 heteroatoms. The molecule has 1 rings (SSSR count). The minimum Gasteiger partial charge on any atom is -0.479 e. The van der Waals surface area contributed by atoms with Crippen LogP contribution in [0.2, 0.25) is 0 Å². The molecule has 0 spiro atoms. The van der Waals surface area contributed by atoms with Crippen LogP contribution in [-0.2, 0) is 4.79 Å². The third-order valence-corrected chi connectivity index (χ3v) is 2.89. The summed E-state index contributed by atoms with van der Waals surface area (Å²) in [5.41, 5.74) is -1.65. The van der Waals surface area contributed by atoms with Crippen molar-refractivity contribution in [1.82, 2.24) is 5.32 Å². The van der Waals surface area contributed by atoms with Gasteiger partial charge in [-0.3, -0.25) is 0 Å². The van der Waals surface area contributed by atoms with Crippen LogP contribution in [0.3, 0.4) is 0 Å². The molecule has 1 aliphatic rings. The van der Waals surface area contributed by atoms with Crippen molar-refractivity contribution in [2.24, 2.45) is 5.92 Å². The van der Waals surface area contributed by atoms with Gasteiger partial charge in [0.15, 0.2) is 5.60 Å². The summed E-state index contributed by atoms with van der Waals surface area (Å²) in [6.45, 7) is 3.64. The van der Waals surface area contributed by atoms with Gasteiger partial charge in [-0.1, -0.05) is 6.92 Å². The second-order valence-electron chi connectivity index (χ2n) is 4.58. The summed E-state index contributed by atoms with van der Waals surface area (Å²) in [5, 5.41) is 21.2. The van der Waals surface area contributed by atoms with Crippen LogP contribution >= 0.6 is 0 Å². The van der Waals surface area contributed by atoms with Crippen LogP contribution in [0.1, 0.15) is 33.1 Å². The summed E-state index contributed by atoms with van der Waals surface area (Å²) >= 11 is 0. The molecule has 3 N–H and O–H groups in total. The molecule has 0 aromatic rings. The first-order valence-corrected chi connectivity index (χ1v) is 5.11. The normalized spacial score (nSPS) is 31.4. The number of hydrogen-bond donors (Lipinski definition) is 3. The molecule has 3 atom stereocenters. The van der Waals surface area contributed by atoms with E-state index in [-0.39, 0.29) is 6.54 Å². The van der Waals surface area contributed by atoms with E-state index in [4.69, 9.17) is 5.11 Å². The molecule has 0 aliphatic heterocycles. The van der Waals surface area contributed by atoms with Crippen molar-refractivity contribution in [2.45, 2.75) is 44.8 Å². The van der Waals surface area contributed by atoms with Gasteiger partial charge in [0.05, 0.1) is 0 Å². The molecule has 0 aromatic heterocycles. The van der Waals surface area contributed by atoms with Gasteiger partial charge in [0, 0.05) is 12.6 Å². The Morgan fingerprint density at radius 1 is 1.57 bits per heavy atom. The van der Waals surface area contributed by atoms with E-state index in [1.54, 1.807) is 0 Å². The molecule has 0 saturated heterocycles. The Morgan fingerprint density at radius 2 is 2.21 bits per heavy atom. The molecule has 0 amide bonds. The Bertz CT molecular complexity index is 215. The summed E-state index contributed by atoms with van der Waals surface area (Å²) < 4.78 is 0. The van der Waals surface area contributed by atoms with E-state index in [2.05, 4.69) is 12.2 Å². The number of carboxylic acid groups (broad SMARTS) is 1. The molecule has 1 fully saturated rings. The largest absolute Gasteiger partial charge is 0.479 e. The van der Waals surface area contributed by atoms with Crippen molar-refractivity contribution >= 4 is 5.97 Å². The highest BCUT2D eigenvalue weighted by Gasteiger charge is 2.31.